The lowest BCUT2D eigenvalue weighted by atomic mass is 10.2. The number of nitrogens with one attached hydrogen (secondary N) is 1. The maximum absolute atomic E-state index is 10.7. The standard InChI is InChI=1S/C11H9N5O3/c1-7-14-11(15-19-7)6-13-9-2-3-10(16(17)18)8(4-9)5-12/h2-4,13H,6H2,1H3. The third-order valence-corrected chi connectivity index (χ3v) is 2.33. The van der Waals surface area contributed by atoms with Gasteiger partial charge in [-0.25, -0.2) is 0 Å². The van der Waals surface area contributed by atoms with Gasteiger partial charge in [-0.15, -0.1) is 0 Å². The average molecular weight is 259 g/mol. The minimum Gasteiger partial charge on any atom is -0.378 e. The molecule has 0 saturated heterocycles. The van der Waals surface area contributed by atoms with Crippen molar-refractivity contribution in [1.29, 1.82) is 5.26 Å². The molecule has 0 amide bonds. The summed E-state index contributed by atoms with van der Waals surface area (Å²) in [4.78, 5) is 14.1. The van der Waals surface area contributed by atoms with Crippen LogP contribution in [0.3, 0.4) is 0 Å². The van der Waals surface area contributed by atoms with Crippen molar-refractivity contribution >= 4 is 11.4 Å². The summed E-state index contributed by atoms with van der Waals surface area (Å²) in [5.41, 5.74) is 0.354. The summed E-state index contributed by atoms with van der Waals surface area (Å²) >= 11 is 0. The molecule has 8 heteroatoms. The molecule has 0 spiro atoms. The Morgan fingerprint density at radius 1 is 1.58 bits per heavy atom. The SMILES string of the molecule is Cc1nc(CNc2ccc([N+](=O)[O-])c(C#N)c2)no1. The van der Waals surface area contributed by atoms with Crippen LogP contribution in [0.15, 0.2) is 22.7 Å². The van der Waals surface area contributed by atoms with Crippen LogP contribution in [-0.4, -0.2) is 15.1 Å². The van der Waals surface area contributed by atoms with Crippen molar-refractivity contribution in [3.05, 3.63) is 45.6 Å². The monoisotopic (exact) mass is 259 g/mol. The summed E-state index contributed by atoms with van der Waals surface area (Å²) in [7, 11) is 0. The van der Waals surface area contributed by atoms with Crippen molar-refractivity contribution in [3.8, 4) is 6.07 Å². The first kappa shape index (κ1) is 12.5. The average Bonchev–Trinajstić information content (AvgIpc) is 2.81. The number of hydrogen-bond acceptors (Lipinski definition) is 7. The molecule has 0 aliphatic rings. The van der Waals surface area contributed by atoms with Crippen molar-refractivity contribution in [2.75, 3.05) is 5.32 Å². The molecule has 1 N–H and O–H groups in total. The van der Waals surface area contributed by atoms with Gasteiger partial charge in [-0.3, -0.25) is 10.1 Å². The van der Waals surface area contributed by atoms with Crippen molar-refractivity contribution in [2.45, 2.75) is 13.5 Å². The van der Waals surface area contributed by atoms with Crippen molar-refractivity contribution in [1.82, 2.24) is 10.1 Å². The molecule has 0 atom stereocenters. The predicted octanol–water partition coefficient (Wildman–Crippen LogP) is 1.77. The minimum absolute atomic E-state index is 0.000655. The molecule has 0 unspecified atom stereocenters. The van der Waals surface area contributed by atoms with Gasteiger partial charge in [-0.1, -0.05) is 5.16 Å². The van der Waals surface area contributed by atoms with Gasteiger partial charge in [-0.2, -0.15) is 10.2 Å². The van der Waals surface area contributed by atoms with Gasteiger partial charge in [0.2, 0.25) is 5.89 Å². The number of aryl methyl sites for hydroxylation is 1. The molecule has 96 valence electrons. The van der Waals surface area contributed by atoms with E-state index in [9.17, 15) is 10.1 Å². The summed E-state index contributed by atoms with van der Waals surface area (Å²) in [6, 6.07) is 6.00. The largest absolute Gasteiger partial charge is 0.378 e. The van der Waals surface area contributed by atoms with Crippen LogP contribution in [0, 0.1) is 28.4 Å². The highest BCUT2D eigenvalue weighted by atomic mass is 16.6. The fourth-order valence-corrected chi connectivity index (χ4v) is 1.49. The van der Waals surface area contributed by atoms with Crippen LogP contribution in [0.5, 0.6) is 0 Å². The molecule has 8 nitrogen and oxygen atoms in total. The third kappa shape index (κ3) is 2.84. The Kier molecular flexibility index (Phi) is 3.38. The molecule has 1 aromatic carbocycles. The zero-order valence-electron chi connectivity index (χ0n) is 9.95. The van der Waals surface area contributed by atoms with E-state index < -0.39 is 4.92 Å². The fraction of sp³-hybridized carbons (Fsp3) is 0.182. The minimum atomic E-state index is -0.592. The van der Waals surface area contributed by atoms with E-state index in [4.69, 9.17) is 9.78 Å². The van der Waals surface area contributed by atoms with Gasteiger partial charge < -0.3 is 9.84 Å². The molecule has 1 aromatic heterocycles. The lowest BCUT2D eigenvalue weighted by molar-refractivity contribution is -0.385. The van der Waals surface area contributed by atoms with E-state index in [-0.39, 0.29) is 11.3 Å². The molecule has 0 bridgehead atoms. The second-order valence-electron chi connectivity index (χ2n) is 3.68. The van der Waals surface area contributed by atoms with E-state index in [1.165, 1.54) is 18.2 Å². The van der Waals surface area contributed by atoms with Crippen molar-refractivity contribution in [2.24, 2.45) is 0 Å². The first-order valence-corrected chi connectivity index (χ1v) is 5.32. The maximum Gasteiger partial charge on any atom is 0.287 e. The lowest BCUT2D eigenvalue weighted by Crippen LogP contribution is -2.02. The smallest absolute Gasteiger partial charge is 0.287 e. The van der Waals surface area contributed by atoms with Crippen LogP contribution >= 0.6 is 0 Å². The van der Waals surface area contributed by atoms with Gasteiger partial charge in [0.1, 0.15) is 11.6 Å². The molecule has 1 heterocycles. The number of benzene rings is 1. The van der Waals surface area contributed by atoms with Crippen LogP contribution in [-0.2, 0) is 6.54 Å². The normalized spacial score (nSPS) is 9.89. The van der Waals surface area contributed by atoms with E-state index >= 15 is 0 Å². The number of hydrogen-bond donors (Lipinski definition) is 1. The first-order chi connectivity index (χ1) is 9.10. The zero-order chi connectivity index (χ0) is 13.8. The quantitative estimate of drug-likeness (QED) is 0.656. The van der Waals surface area contributed by atoms with Crippen LogP contribution in [0.2, 0.25) is 0 Å². The molecule has 2 rings (SSSR count). The molecule has 0 radical (unpaired) electrons. The summed E-state index contributed by atoms with van der Waals surface area (Å²) in [5, 5.41) is 26.2. The fourth-order valence-electron chi connectivity index (χ4n) is 1.49. The van der Waals surface area contributed by atoms with E-state index in [1.54, 1.807) is 13.0 Å². The molecule has 2 aromatic rings. The van der Waals surface area contributed by atoms with Crippen LogP contribution in [0.1, 0.15) is 17.3 Å². The maximum atomic E-state index is 10.7. The highest BCUT2D eigenvalue weighted by Crippen LogP contribution is 2.21. The number of anilines is 1. The second kappa shape index (κ2) is 5.14. The number of nitriles is 1. The van der Waals surface area contributed by atoms with Gasteiger partial charge in [0.15, 0.2) is 5.82 Å². The van der Waals surface area contributed by atoms with E-state index in [2.05, 4.69) is 15.5 Å². The first-order valence-electron chi connectivity index (χ1n) is 5.32. The molecular formula is C11H9N5O3. The summed E-state index contributed by atoms with van der Waals surface area (Å²) in [6.45, 7) is 1.98. The Balaban J connectivity index is 2.14. The summed E-state index contributed by atoms with van der Waals surface area (Å²) in [5.74, 6) is 0.924. The van der Waals surface area contributed by atoms with Gasteiger partial charge >= 0.3 is 0 Å². The van der Waals surface area contributed by atoms with Crippen LogP contribution in [0.4, 0.5) is 11.4 Å². The van der Waals surface area contributed by atoms with Gasteiger partial charge in [0.05, 0.1) is 11.5 Å². The Hall–Kier alpha value is -2.95. The lowest BCUT2D eigenvalue weighted by Gasteiger charge is -2.03. The molecule has 0 aliphatic heterocycles. The Bertz CT molecular complexity index is 659. The highest BCUT2D eigenvalue weighted by molar-refractivity contribution is 5.58. The topological polar surface area (TPSA) is 118 Å². The van der Waals surface area contributed by atoms with Gasteiger partial charge in [0, 0.05) is 18.7 Å². The number of rotatable bonds is 4. The van der Waals surface area contributed by atoms with Gasteiger partial charge in [0.25, 0.3) is 5.69 Å². The summed E-state index contributed by atoms with van der Waals surface area (Å²) in [6.07, 6.45) is 0. The van der Waals surface area contributed by atoms with Crippen LogP contribution < -0.4 is 5.32 Å². The highest BCUT2D eigenvalue weighted by Gasteiger charge is 2.13. The molecule has 19 heavy (non-hydrogen) atoms. The summed E-state index contributed by atoms with van der Waals surface area (Å²) < 4.78 is 4.81. The second-order valence-corrected chi connectivity index (χ2v) is 3.68. The Morgan fingerprint density at radius 2 is 2.37 bits per heavy atom. The Labute approximate surface area is 107 Å². The van der Waals surface area contributed by atoms with E-state index in [1.807, 2.05) is 0 Å². The van der Waals surface area contributed by atoms with Crippen molar-refractivity contribution < 1.29 is 9.45 Å². The van der Waals surface area contributed by atoms with Crippen molar-refractivity contribution in [3.63, 3.8) is 0 Å². The zero-order valence-corrected chi connectivity index (χ0v) is 9.95. The predicted molar refractivity (Wildman–Crippen MR) is 64.2 cm³/mol. The van der Waals surface area contributed by atoms with E-state index in [0.29, 0.717) is 23.9 Å². The molecule has 0 aliphatic carbocycles. The van der Waals surface area contributed by atoms with Gasteiger partial charge in [-0.05, 0) is 12.1 Å². The third-order valence-electron chi connectivity index (χ3n) is 2.33. The number of nitrogens with zero attached hydrogens (tertiary/aromatic N) is 4. The number of nitro groups is 1. The number of nitro benzene ring substituents is 1. The Morgan fingerprint density at radius 3 is 2.95 bits per heavy atom. The molecule has 0 saturated carbocycles. The molecular weight excluding hydrogens is 250 g/mol. The van der Waals surface area contributed by atoms with Crippen LogP contribution in [0.25, 0.3) is 0 Å². The van der Waals surface area contributed by atoms with E-state index in [0.717, 1.165) is 0 Å². The number of aromatic nitrogens is 2. The molecule has 0 fully saturated rings.